The van der Waals surface area contributed by atoms with Gasteiger partial charge in [-0.25, -0.2) is 0 Å². The second-order valence-corrected chi connectivity index (χ2v) is 6.19. The van der Waals surface area contributed by atoms with Gasteiger partial charge in [-0.3, -0.25) is 15.0 Å². The monoisotopic (exact) mass is 289 g/mol. The van der Waals surface area contributed by atoms with Gasteiger partial charge in [-0.1, -0.05) is 18.2 Å². The van der Waals surface area contributed by atoms with E-state index in [1.165, 1.54) is 25.8 Å². The van der Waals surface area contributed by atoms with E-state index in [1.807, 2.05) is 12.1 Å². The van der Waals surface area contributed by atoms with Crippen LogP contribution < -0.4 is 5.32 Å². The van der Waals surface area contributed by atoms with Crippen LogP contribution in [0.3, 0.4) is 0 Å². The first kappa shape index (κ1) is 14.5. The number of hydrogen-bond acceptors (Lipinski definition) is 4. The number of nitro groups is 1. The first-order valence-electron chi connectivity index (χ1n) is 7.94. The van der Waals surface area contributed by atoms with E-state index in [4.69, 9.17) is 0 Å². The molecule has 0 bridgehead atoms. The fourth-order valence-corrected chi connectivity index (χ4v) is 3.71. The summed E-state index contributed by atoms with van der Waals surface area (Å²) in [5.41, 5.74) is 1.16. The summed E-state index contributed by atoms with van der Waals surface area (Å²) in [6.07, 6.45) is 5.99. The highest BCUT2D eigenvalue weighted by molar-refractivity contribution is 5.40. The van der Waals surface area contributed by atoms with Crippen LogP contribution in [0.1, 0.15) is 31.2 Å². The van der Waals surface area contributed by atoms with Crippen molar-refractivity contribution in [2.24, 2.45) is 5.92 Å². The maximum absolute atomic E-state index is 11.1. The Morgan fingerprint density at radius 1 is 1.29 bits per heavy atom. The molecule has 0 radical (unpaired) electrons. The van der Waals surface area contributed by atoms with Crippen LogP contribution in [0, 0.1) is 16.0 Å². The maximum atomic E-state index is 11.1. The number of hydrogen-bond donors (Lipinski definition) is 1. The number of nitrogens with zero attached hydrogens (tertiary/aromatic N) is 2. The number of fused-ring (bicyclic) bond motifs is 1. The zero-order valence-corrected chi connectivity index (χ0v) is 12.3. The third-order valence-electron chi connectivity index (χ3n) is 4.75. The van der Waals surface area contributed by atoms with Gasteiger partial charge in [0.2, 0.25) is 0 Å². The molecule has 21 heavy (non-hydrogen) atoms. The van der Waals surface area contributed by atoms with E-state index < -0.39 is 0 Å². The molecule has 0 amide bonds. The zero-order valence-electron chi connectivity index (χ0n) is 12.3. The third kappa shape index (κ3) is 3.41. The van der Waals surface area contributed by atoms with E-state index in [0.717, 1.165) is 31.5 Å². The molecule has 2 heterocycles. The molecule has 0 aromatic heterocycles. The lowest BCUT2D eigenvalue weighted by Crippen LogP contribution is -2.51. The zero-order chi connectivity index (χ0) is 14.7. The number of nitrogens with one attached hydrogen (secondary N) is 1. The van der Waals surface area contributed by atoms with E-state index >= 15 is 0 Å². The molecule has 114 valence electrons. The molecule has 2 aliphatic rings. The normalized spacial score (nSPS) is 26.9. The van der Waals surface area contributed by atoms with Gasteiger partial charge in [-0.05, 0) is 51.1 Å². The van der Waals surface area contributed by atoms with Crippen molar-refractivity contribution in [3.05, 3.63) is 39.9 Å². The van der Waals surface area contributed by atoms with E-state index in [1.54, 1.807) is 12.1 Å². The van der Waals surface area contributed by atoms with Crippen LogP contribution >= 0.6 is 0 Å². The molecular formula is C16H23N3O2. The maximum Gasteiger partial charge on any atom is 0.272 e. The summed E-state index contributed by atoms with van der Waals surface area (Å²) in [5.74, 6) is 0.534. The molecule has 0 saturated carbocycles. The SMILES string of the molecule is O=[N+]([O-])c1ccccc1CC1CCCN2CCCNC2C1. The van der Waals surface area contributed by atoms with Gasteiger partial charge in [-0.2, -0.15) is 0 Å². The Morgan fingerprint density at radius 3 is 2.95 bits per heavy atom. The predicted molar refractivity (Wildman–Crippen MR) is 82.1 cm³/mol. The van der Waals surface area contributed by atoms with Gasteiger partial charge in [0.05, 0.1) is 11.1 Å². The fourth-order valence-electron chi connectivity index (χ4n) is 3.71. The van der Waals surface area contributed by atoms with Crippen molar-refractivity contribution in [3.8, 4) is 0 Å². The first-order chi connectivity index (χ1) is 10.2. The lowest BCUT2D eigenvalue weighted by atomic mass is 9.91. The number of rotatable bonds is 3. The molecule has 1 N–H and O–H groups in total. The minimum absolute atomic E-state index is 0.253. The van der Waals surface area contributed by atoms with Gasteiger partial charge in [-0.15, -0.1) is 0 Å². The smallest absolute Gasteiger partial charge is 0.272 e. The van der Waals surface area contributed by atoms with E-state index in [2.05, 4.69) is 10.2 Å². The van der Waals surface area contributed by atoms with Crippen molar-refractivity contribution in [2.75, 3.05) is 19.6 Å². The van der Waals surface area contributed by atoms with Gasteiger partial charge >= 0.3 is 0 Å². The molecule has 1 aromatic rings. The predicted octanol–water partition coefficient (Wildman–Crippen LogP) is 2.56. The Morgan fingerprint density at radius 2 is 2.10 bits per heavy atom. The molecule has 2 aliphatic heterocycles. The van der Waals surface area contributed by atoms with Gasteiger partial charge in [0.1, 0.15) is 0 Å². The molecule has 1 aromatic carbocycles. The topological polar surface area (TPSA) is 58.4 Å². The minimum Gasteiger partial charge on any atom is -0.302 e. The van der Waals surface area contributed by atoms with Crippen molar-refractivity contribution in [3.63, 3.8) is 0 Å². The van der Waals surface area contributed by atoms with Crippen molar-refractivity contribution in [1.29, 1.82) is 0 Å². The summed E-state index contributed by atoms with van der Waals surface area (Å²) >= 11 is 0. The van der Waals surface area contributed by atoms with E-state index in [-0.39, 0.29) is 10.6 Å². The second-order valence-electron chi connectivity index (χ2n) is 6.19. The number of para-hydroxylation sites is 1. The van der Waals surface area contributed by atoms with Gasteiger partial charge < -0.3 is 5.32 Å². The van der Waals surface area contributed by atoms with Crippen molar-refractivity contribution >= 4 is 5.69 Å². The van der Waals surface area contributed by atoms with Crippen molar-refractivity contribution in [1.82, 2.24) is 10.2 Å². The molecule has 2 saturated heterocycles. The minimum atomic E-state index is -0.253. The summed E-state index contributed by atoms with van der Waals surface area (Å²) in [6, 6.07) is 7.19. The summed E-state index contributed by atoms with van der Waals surface area (Å²) in [7, 11) is 0. The highest BCUT2D eigenvalue weighted by Crippen LogP contribution is 2.29. The average Bonchev–Trinajstić information content (AvgIpc) is 2.69. The number of nitro benzene ring substituents is 1. The summed E-state index contributed by atoms with van der Waals surface area (Å²) in [5, 5.41) is 14.8. The van der Waals surface area contributed by atoms with E-state index in [0.29, 0.717) is 12.1 Å². The van der Waals surface area contributed by atoms with Gasteiger partial charge in [0.15, 0.2) is 0 Å². The number of benzene rings is 1. The summed E-state index contributed by atoms with van der Waals surface area (Å²) < 4.78 is 0. The van der Waals surface area contributed by atoms with Crippen LogP contribution in [0.15, 0.2) is 24.3 Å². The lowest BCUT2D eigenvalue weighted by molar-refractivity contribution is -0.385. The lowest BCUT2D eigenvalue weighted by Gasteiger charge is -2.35. The standard InChI is InChI=1S/C16H23N3O2/c20-19(21)15-7-2-1-6-14(15)11-13-5-3-9-18-10-4-8-17-16(18)12-13/h1-2,6-7,13,16-17H,3-5,8-12H2. The van der Waals surface area contributed by atoms with Gasteiger partial charge in [0, 0.05) is 18.2 Å². The third-order valence-corrected chi connectivity index (χ3v) is 4.75. The molecular weight excluding hydrogens is 266 g/mol. The molecule has 0 spiro atoms. The van der Waals surface area contributed by atoms with E-state index in [9.17, 15) is 10.1 Å². The Labute approximate surface area is 125 Å². The molecule has 2 atom stereocenters. The molecule has 2 unspecified atom stereocenters. The Hall–Kier alpha value is -1.46. The van der Waals surface area contributed by atoms with Crippen LogP contribution in [0.5, 0.6) is 0 Å². The van der Waals surface area contributed by atoms with Crippen LogP contribution in [-0.2, 0) is 6.42 Å². The van der Waals surface area contributed by atoms with Crippen LogP contribution in [0.4, 0.5) is 5.69 Å². The Kier molecular flexibility index (Phi) is 4.51. The Balaban J connectivity index is 1.71. The second kappa shape index (κ2) is 6.54. The summed E-state index contributed by atoms with van der Waals surface area (Å²) in [4.78, 5) is 13.4. The summed E-state index contributed by atoms with van der Waals surface area (Å²) in [6.45, 7) is 3.44. The molecule has 5 nitrogen and oxygen atoms in total. The Bertz CT molecular complexity index is 506. The highest BCUT2D eigenvalue weighted by Gasteiger charge is 2.28. The largest absolute Gasteiger partial charge is 0.302 e. The molecule has 3 rings (SSSR count). The molecule has 0 aliphatic carbocycles. The van der Waals surface area contributed by atoms with Crippen LogP contribution in [0.25, 0.3) is 0 Å². The van der Waals surface area contributed by atoms with Crippen molar-refractivity contribution < 1.29 is 4.92 Å². The van der Waals surface area contributed by atoms with Crippen LogP contribution in [-0.4, -0.2) is 35.6 Å². The highest BCUT2D eigenvalue weighted by atomic mass is 16.6. The van der Waals surface area contributed by atoms with Crippen LogP contribution in [0.2, 0.25) is 0 Å². The quantitative estimate of drug-likeness (QED) is 0.686. The first-order valence-corrected chi connectivity index (χ1v) is 7.94. The molecule has 5 heteroatoms. The van der Waals surface area contributed by atoms with Crippen molar-refractivity contribution in [2.45, 2.75) is 38.3 Å². The molecule has 2 fully saturated rings. The van der Waals surface area contributed by atoms with Gasteiger partial charge in [0.25, 0.3) is 5.69 Å². The fraction of sp³-hybridized carbons (Fsp3) is 0.625. The average molecular weight is 289 g/mol.